The number of nitriles is 1. The molecule has 3 atom stereocenters. The summed E-state index contributed by atoms with van der Waals surface area (Å²) in [4.78, 5) is 11.2. The summed E-state index contributed by atoms with van der Waals surface area (Å²) >= 11 is 3.03. The number of carbonyl (C=O) groups is 1. The Hall–Kier alpha value is -0.700. The van der Waals surface area contributed by atoms with Gasteiger partial charge in [0.05, 0.1) is 17.0 Å². The Morgan fingerprint density at radius 1 is 1.85 bits per heavy atom. The van der Waals surface area contributed by atoms with Crippen LogP contribution in [0.15, 0.2) is 10.6 Å². The van der Waals surface area contributed by atoms with Gasteiger partial charge in [-0.3, -0.25) is 4.79 Å². The number of nitrogens with zero attached hydrogens (tertiary/aromatic N) is 1. The van der Waals surface area contributed by atoms with Crippen LogP contribution in [0.25, 0.3) is 0 Å². The van der Waals surface area contributed by atoms with Crippen molar-refractivity contribution in [2.45, 2.75) is 24.2 Å². The summed E-state index contributed by atoms with van der Waals surface area (Å²) in [7, 11) is 0. The monoisotopic (exact) mass is 243 g/mol. The standard InChI is InChI=1S/C8H6BrNO3/c9-4-3-8(12,1-2-10)7-6(13-7)5(4)11/h3,6-7,12H,1H2/t6-,7-,8-/m1/s1. The predicted octanol–water partition coefficient (Wildman–Crippen LogP) is 0.260. The highest BCUT2D eigenvalue weighted by atomic mass is 79.9. The van der Waals surface area contributed by atoms with Crippen molar-refractivity contribution in [3.63, 3.8) is 0 Å². The molecule has 1 aliphatic carbocycles. The lowest BCUT2D eigenvalue weighted by molar-refractivity contribution is -0.116. The van der Waals surface area contributed by atoms with Gasteiger partial charge in [-0.15, -0.1) is 0 Å². The molecule has 0 spiro atoms. The molecule has 1 fully saturated rings. The lowest BCUT2D eigenvalue weighted by Crippen LogP contribution is -2.39. The molecule has 0 radical (unpaired) electrons. The Balaban J connectivity index is 2.33. The second-order valence-electron chi connectivity index (χ2n) is 3.16. The fourth-order valence-electron chi connectivity index (χ4n) is 1.48. The zero-order valence-corrected chi connectivity index (χ0v) is 8.11. The number of carbonyl (C=O) groups excluding carboxylic acids is 1. The molecule has 0 amide bonds. The average Bonchev–Trinajstić information content (AvgIpc) is 2.80. The van der Waals surface area contributed by atoms with E-state index in [0.717, 1.165) is 0 Å². The van der Waals surface area contributed by atoms with Crippen LogP contribution in [-0.4, -0.2) is 28.7 Å². The number of Topliss-reactive ketones (excluding diaryl/α,β-unsaturated/α-hetero) is 1. The van der Waals surface area contributed by atoms with Crippen molar-refractivity contribution >= 4 is 21.7 Å². The normalized spacial score (nSPS) is 41.9. The minimum absolute atomic E-state index is 0.0590. The molecule has 5 heteroatoms. The molecule has 4 nitrogen and oxygen atoms in total. The molecule has 1 aliphatic heterocycles. The van der Waals surface area contributed by atoms with Crippen molar-refractivity contribution in [2.24, 2.45) is 0 Å². The number of ether oxygens (including phenoxy) is 1. The third kappa shape index (κ3) is 1.22. The quantitative estimate of drug-likeness (QED) is 0.671. The van der Waals surface area contributed by atoms with Gasteiger partial charge in [0.1, 0.15) is 11.7 Å². The van der Waals surface area contributed by atoms with Gasteiger partial charge in [0.25, 0.3) is 0 Å². The summed E-state index contributed by atoms with van der Waals surface area (Å²) in [6, 6.07) is 1.86. The largest absolute Gasteiger partial charge is 0.382 e. The van der Waals surface area contributed by atoms with E-state index in [4.69, 9.17) is 10.00 Å². The van der Waals surface area contributed by atoms with E-state index in [-0.39, 0.29) is 12.2 Å². The van der Waals surface area contributed by atoms with Gasteiger partial charge in [0.15, 0.2) is 6.10 Å². The third-order valence-electron chi connectivity index (χ3n) is 2.22. The highest BCUT2D eigenvalue weighted by molar-refractivity contribution is 9.12. The number of aliphatic hydroxyl groups is 1. The van der Waals surface area contributed by atoms with Crippen LogP contribution in [0.5, 0.6) is 0 Å². The van der Waals surface area contributed by atoms with Gasteiger partial charge in [-0.1, -0.05) is 0 Å². The maximum absolute atomic E-state index is 11.2. The first-order chi connectivity index (χ1) is 6.08. The minimum Gasteiger partial charge on any atom is -0.382 e. The maximum atomic E-state index is 11.2. The van der Waals surface area contributed by atoms with Gasteiger partial charge >= 0.3 is 0 Å². The number of hydrogen-bond donors (Lipinski definition) is 1. The molecule has 1 saturated heterocycles. The van der Waals surface area contributed by atoms with Crippen LogP contribution in [0.3, 0.4) is 0 Å². The first kappa shape index (κ1) is 8.88. The van der Waals surface area contributed by atoms with E-state index in [1.807, 2.05) is 6.07 Å². The summed E-state index contributed by atoms with van der Waals surface area (Å²) in [6.07, 6.45) is 0.210. The number of hydrogen-bond acceptors (Lipinski definition) is 4. The zero-order valence-electron chi connectivity index (χ0n) is 6.53. The molecule has 2 rings (SSSR count). The minimum atomic E-state index is -1.30. The van der Waals surface area contributed by atoms with Gasteiger partial charge in [-0.25, -0.2) is 0 Å². The van der Waals surface area contributed by atoms with E-state index in [1.165, 1.54) is 6.08 Å². The van der Waals surface area contributed by atoms with E-state index in [1.54, 1.807) is 0 Å². The van der Waals surface area contributed by atoms with Gasteiger partial charge < -0.3 is 9.84 Å². The molecule has 0 bridgehead atoms. The van der Waals surface area contributed by atoms with Crippen LogP contribution in [0, 0.1) is 11.3 Å². The summed E-state index contributed by atoms with van der Waals surface area (Å²) in [5.74, 6) is -0.160. The van der Waals surface area contributed by atoms with Crippen molar-refractivity contribution in [1.29, 1.82) is 5.26 Å². The molecule has 1 heterocycles. The second-order valence-corrected chi connectivity index (χ2v) is 4.01. The summed E-state index contributed by atoms with van der Waals surface area (Å²) in [5, 5.41) is 18.3. The van der Waals surface area contributed by atoms with Crippen molar-refractivity contribution in [1.82, 2.24) is 0 Å². The van der Waals surface area contributed by atoms with Gasteiger partial charge in [0.2, 0.25) is 5.78 Å². The number of epoxide rings is 1. The first-order valence-electron chi connectivity index (χ1n) is 3.76. The van der Waals surface area contributed by atoms with Gasteiger partial charge in [-0.05, 0) is 22.0 Å². The number of fused-ring (bicyclic) bond motifs is 1. The molecule has 0 saturated carbocycles. The number of halogens is 1. The van der Waals surface area contributed by atoms with Gasteiger partial charge in [-0.2, -0.15) is 5.26 Å². The summed E-state index contributed by atoms with van der Waals surface area (Å²) in [6.45, 7) is 0. The van der Waals surface area contributed by atoms with E-state index in [0.29, 0.717) is 4.48 Å². The Bertz CT molecular complexity index is 346. The molecule has 0 unspecified atom stereocenters. The van der Waals surface area contributed by atoms with Crippen LogP contribution >= 0.6 is 15.9 Å². The molecular formula is C8H6BrNO3. The average molecular weight is 244 g/mol. The van der Waals surface area contributed by atoms with Crippen molar-refractivity contribution in [3.05, 3.63) is 10.6 Å². The molecule has 68 valence electrons. The molecular weight excluding hydrogens is 238 g/mol. The van der Waals surface area contributed by atoms with E-state index < -0.39 is 17.8 Å². The molecule has 0 aromatic heterocycles. The van der Waals surface area contributed by atoms with E-state index in [9.17, 15) is 9.90 Å². The molecule has 13 heavy (non-hydrogen) atoms. The Morgan fingerprint density at radius 2 is 2.54 bits per heavy atom. The molecule has 0 aromatic rings. The van der Waals surface area contributed by atoms with Crippen LogP contribution < -0.4 is 0 Å². The maximum Gasteiger partial charge on any atom is 0.201 e. The van der Waals surface area contributed by atoms with Crippen LogP contribution in [0.1, 0.15) is 6.42 Å². The molecule has 0 aromatic carbocycles. The molecule has 1 N–H and O–H groups in total. The van der Waals surface area contributed by atoms with Crippen molar-refractivity contribution in [2.75, 3.05) is 0 Å². The SMILES string of the molecule is N#CC[C@@]1(O)C=C(Br)C(=O)[C@H]2O[C@H]21. The van der Waals surface area contributed by atoms with Crippen LogP contribution in [-0.2, 0) is 9.53 Å². The zero-order chi connectivity index (χ0) is 9.64. The Kier molecular flexibility index (Phi) is 1.80. The number of ketones is 1. The Labute approximate surface area is 82.9 Å². The highest BCUT2D eigenvalue weighted by Gasteiger charge is 2.60. The Morgan fingerprint density at radius 3 is 3.15 bits per heavy atom. The molecule has 2 aliphatic rings. The van der Waals surface area contributed by atoms with Crippen molar-refractivity contribution < 1.29 is 14.6 Å². The fourth-order valence-corrected chi connectivity index (χ4v) is 2.10. The van der Waals surface area contributed by atoms with E-state index in [2.05, 4.69) is 15.9 Å². The second kappa shape index (κ2) is 2.64. The topological polar surface area (TPSA) is 73.6 Å². The third-order valence-corrected chi connectivity index (χ3v) is 2.84. The smallest absolute Gasteiger partial charge is 0.201 e. The van der Waals surface area contributed by atoms with E-state index >= 15 is 0 Å². The summed E-state index contributed by atoms with van der Waals surface area (Å²) < 4.78 is 5.29. The van der Waals surface area contributed by atoms with Crippen molar-refractivity contribution in [3.8, 4) is 6.07 Å². The first-order valence-corrected chi connectivity index (χ1v) is 4.55. The predicted molar refractivity (Wildman–Crippen MR) is 45.9 cm³/mol. The van der Waals surface area contributed by atoms with Crippen LogP contribution in [0.4, 0.5) is 0 Å². The highest BCUT2D eigenvalue weighted by Crippen LogP contribution is 2.43. The lowest BCUT2D eigenvalue weighted by atomic mass is 9.88. The fraction of sp³-hybridized carbons (Fsp3) is 0.500. The summed E-state index contributed by atoms with van der Waals surface area (Å²) in [5.41, 5.74) is -1.30. The number of rotatable bonds is 1. The van der Waals surface area contributed by atoms with Gasteiger partial charge in [0, 0.05) is 0 Å². The van der Waals surface area contributed by atoms with Crippen LogP contribution in [0.2, 0.25) is 0 Å². The lowest BCUT2D eigenvalue weighted by Gasteiger charge is -2.22.